The largest absolute Gasteiger partial charge is 0.388 e. The van der Waals surface area contributed by atoms with Gasteiger partial charge in [-0.25, -0.2) is 0 Å². The second kappa shape index (κ2) is 8.47. The lowest BCUT2D eigenvalue weighted by molar-refractivity contribution is -0.266. The van der Waals surface area contributed by atoms with Gasteiger partial charge >= 0.3 is 0 Å². The van der Waals surface area contributed by atoms with Gasteiger partial charge in [0.05, 0.1) is 18.1 Å². The molecule has 0 unspecified atom stereocenters. The van der Waals surface area contributed by atoms with E-state index in [4.69, 9.17) is 13.7 Å². The Morgan fingerprint density at radius 2 is 1.74 bits per heavy atom. The predicted molar refractivity (Wildman–Crippen MR) is 96.2 cm³/mol. The molecule has 0 aromatic heterocycles. The van der Waals surface area contributed by atoms with Crippen molar-refractivity contribution in [3.05, 3.63) is 65.7 Å². The Morgan fingerprint density at radius 3 is 2.41 bits per heavy atom. The van der Waals surface area contributed by atoms with E-state index in [1.807, 2.05) is 37.3 Å². The monoisotopic (exact) mass is 394 g/mol. The van der Waals surface area contributed by atoms with Crippen molar-refractivity contribution >= 4 is 10.1 Å². The predicted octanol–water partition coefficient (Wildman–Crippen LogP) is 1.36. The van der Waals surface area contributed by atoms with Crippen molar-refractivity contribution in [2.24, 2.45) is 0 Å². The fraction of sp³-hybridized carbons (Fsp3) is 0.368. The van der Waals surface area contributed by atoms with Crippen molar-refractivity contribution in [1.29, 1.82) is 0 Å². The van der Waals surface area contributed by atoms with Crippen LogP contribution >= 0.6 is 0 Å². The summed E-state index contributed by atoms with van der Waals surface area (Å²) in [6.07, 6.45) is -5.30. The molecule has 1 fully saturated rings. The molecule has 2 aromatic carbocycles. The molecule has 1 aliphatic rings. The van der Waals surface area contributed by atoms with E-state index < -0.39 is 34.7 Å². The van der Waals surface area contributed by atoms with Gasteiger partial charge in [-0.3, -0.25) is 4.18 Å². The van der Waals surface area contributed by atoms with Crippen LogP contribution in [0.25, 0.3) is 0 Å². The normalized spacial score (nSPS) is 26.0. The van der Waals surface area contributed by atoms with Gasteiger partial charge in [-0.15, -0.1) is 0 Å². The van der Waals surface area contributed by atoms with E-state index in [0.717, 1.165) is 11.1 Å². The molecule has 1 aliphatic heterocycles. The van der Waals surface area contributed by atoms with Gasteiger partial charge in [0, 0.05) is 0 Å². The van der Waals surface area contributed by atoms with Gasteiger partial charge in [-0.1, -0.05) is 48.0 Å². The first-order chi connectivity index (χ1) is 12.9. The summed E-state index contributed by atoms with van der Waals surface area (Å²) >= 11 is 0. The number of aliphatic hydroxyl groups excluding tert-OH is 2. The van der Waals surface area contributed by atoms with E-state index in [9.17, 15) is 18.6 Å². The minimum absolute atomic E-state index is 0.0535. The van der Waals surface area contributed by atoms with E-state index in [1.54, 1.807) is 12.1 Å². The van der Waals surface area contributed by atoms with Crippen LogP contribution in [0.4, 0.5) is 0 Å². The summed E-state index contributed by atoms with van der Waals surface area (Å²) in [5.41, 5.74) is 1.75. The molecule has 4 atom stereocenters. The zero-order valence-corrected chi connectivity index (χ0v) is 15.6. The van der Waals surface area contributed by atoms with Gasteiger partial charge in [-0.2, -0.15) is 8.42 Å². The Labute approximate surface area is 158 Å². The number of hydrogen-bond acceptors (Lipinski definition) is 7. The number of benzene rings is 2. The van der Waals surface area contributed by atoms with Gasteiger partial charge in [0.15, 0.2) is 12.4 Å². The third kappa shape index (κ3) is 4.92. The number of rotatable bonds is 6. The van der Waals surface area contributed by atoms with Crippen molar-refractivity contribution in [3.63, 3.8) is 0 Å². The molecule has 0 bridgehead atoms. The van der Waals surface area contributed by atoms with Crippen molar-refractivity contribution in [3.8, 4) is 0 Å². The zero-order chi connectivity index (χ0) is 19.4. The first-order valence-corrected chi connectivity index (χ1v) is 9.91. The van der Waals surface area contributed by atoms with Crippen molar-refractivity contribution in [1.82, 2.24) is 0 Å². The van der Waals surface area contributed by atoms with E-state index in [2.05, 4.69) is 0 Å². The fourth-order valence-corrected chi connectivity index (χ4v) is 3.75. The van der Waals surface area contributed by atoms with Gasteiger partial charge in [-0.05, 0) is 24.6 Å². The summed E-state index contributed by atoms with van der Waals surface area (Å²) in [5, 5.41) is 20.1. The van der Waals surface area contributed by atoms with Crippen LogP contribution in [0.15, 0.2) is 59.5 Å². The van der Waals surface area contributed by atoms with Crippen LogP contribution < -0.4 is 0 Å². The molecule has 27 heavy (non-hydrogen) atoms. The average molecular weight is 394 g/mol. The highest BCUT2D eigenvalue weighted by Crippen LogP contribution is 2.25. The highest BCUT2D eigenvalue weighted by Gasteiger charge is 2.43. The molecule has 7 nitrogen and oxygen atoms in total. The fourth-order valence-electron chi connectivity index (χ4n) is 2.67. The van der Waals surface area contributed by atoms with Crippen LogP contribution in [0.2, 0.25) is 0 Å². The Balaban J connectivity index is 1.76. The van der Waals surface area contributed by atoms with Crippen molar-refractivity contribution < 1.29 is 32.3 Å². The molecule has 146 valence electrons. The van der Waals surface area contributed by atoms with Crippen molar-refractivity contribution in [2.75, 3.05) is 6.61 Å². The van der Waals surface area contributed by atoms with E-state index in [-0.39, 0.29) is 18.1 Å². The summed E-state index contributed by atoms with van der Waals surface area (Å²) < 4.78 is 41.3. The molecule has 2 aromatic rings. The smallest absolute Gasteiger partial charge is 0.297 e. The SMILES string of the molecule is Cc1ccc(S(=O)(=O)O[C@H]2[C@@H](OCc3ccccc3)OC[C@@H](O)[C@@H]2O)cc1. The summed E-state index contributed by atoms with van der Waals surface area (Å²) in [6.45, 7) is 1.78. The molecule has 0 saturated carbocycles. The number of aryl methyl sites for hydroxylation is 1. The standard InChI is InChI=1S/C19H22O7S/c1-13-7-9-15(10-8-13)27(22,23)26-18-17(21)16(20)12-25-19(18)24-11-14-5-3-2-4-6-14/h2-10,16-21H,11-12H2,1H3/t16-,17+,18-,19+/m1/s1. The summed E-state index contributed by atoms with van der Waals surface area (Å²) in [5.74, 6) is 0. The van der Waals surface area contributed by atoms with Crippen LogP contribution in [0, 0.1) is 6.92 Å². The molecule has 0 radical (unpaired) electrons. The maximum atomic E-state index is 12.6. The Morgan fingerprint density at radius 1 is 1.07 bits per heavy atom. The van der Waals surface area contributed by atoms with E-state index in [1.165, 1.54) is 12.1 Å². The summed E-state index contributed by atoms with van der Waals surface area (Å²) in [6, 6.07) is 15.3. The van der Waals surface area contributed by atoms with E-state index in [0.29, 0.717) is 0 Å². The van der Waals surface area contributed by atoms with Crippen LogP contribution in [-0.2, 0) is 30.4 Å². The van der Waals surface area contributed by atoms with E-state index >= 15 is 0 Å². The second-order valence-electron chi connectivity index (χ2n) is 6.38. The molecule has 0 amide bonds. The molecule has 8 heteroatoms. The number of aliphatic hydroxyl groups is 2. The molecule has 2 N–H and O–H groups in total. The lowest BCUT2D eigenvalue weighted by atomic mass is 10.1. The molecule has 1 heterocycles. The van der Waals surface area contributed by atoms with Gasteiger partial charge < -0.3 is 19.7 Å². The first kappa shape index (κ1) is 19.9. The van der Waals surface area contributed by atoms with Crippen LogP contribution in [0.3, 0.4) is 0 Å². The molecular formula is C19H22O7S. The van der Waals surface area contributed by atoms with Crippen LogP contribution in [0.5, 0.6) is 0 Å². The highest BCUT2D eigenvalue weighted by atomic mass is 32.2. The Hall–Kier alpha value is -1.81. The van der Waals surface area contributed by atoms with Crippen LogP contribution in [-0.4, -0.2) is 49.8 Å². The van der Waals surface area contributed by atoms with Crippen LogP contribution in [0.1, 0.15) is 11.1 Å². The topological polar surface area (TPSA) is 102 Å². The maximum absolute atomic E-state index is 12.6. The lowest BCUT2D eigenvalue weighted by Gasteiger charge is -2.37. The van der Waals surface area contributed by atoms with Gasteiger partial charge in [0.1, 0.15) is 12.2 Å². The van der Waals surface area contributed by atoms with Gasteiger partial charge in [0.25, 0.3) is 10.1 Å². The minimum Gasteiger partial charge on any atom is -0.388 e. The summed E-state index contributed by atoms with van der Waals surface area (Å²) in [4.78, 5) is -0.0535. The minimum atomic E-state index is -4.18. The molecule has 0 aliphatic carbocycles. The molecule has 0 spiro atoms. The zero-order valence-electron chi connectivity index (χ0n) is 14.8. The highest BCUT2D eigenvalue weighted by molar-refractivity contribution is 7.86. The maximum Gasteiger partial charge on any atom is 0.297 e. The second-order valence-corrected chi connectivity index (χ2v) is 7.96. The third-order valence-corrected chi connectivity index (χ3v) is 5.56. The molecule has 3 rings (SSSR count). The molecule has 1 saturated heterocycles. The first-order valence-electron chi connectivity index (χ1n) is 8.50. The van der Waals surface area contributed by atoms with Gasteiger partial charge in [0.2, 0.25) is 0 Å². The number of hydrogen-bond donors (Lipinski definition) is 2. The lowest BCUT2D eigenvalue weighted by Crippen LogP contribution is -2.55. The Kier molecular flexibility index (Phi) is 6.25. The summed E-state index contributed by atoms with van der Waals surface area (Å²) in [7, 11) is -4.18. The molecular weight excluding hydrogens is 372 g/mol. The quantitative estimate of drug-likeness (QED) is 0.713. The van der Waals surface area contributed by atoms with Crippen molar-refractivity contribution in [2.45, 2.75) is 43.0 Å². The Bertz CT molecular complexity index is 836. The average Bonchev–Trinajstić information content (AvgIpc) is 2.66. The number of ether oxygens (including phenoxy) is 2. The third-order valence-electron chi connectivity index (χ3n) is 4.23.